The molecule has 202 valence electrons. The van der Waals surface area contributed by atoms with Crippen molar-refractivity contribution in [3.8, 4) is 6.07 Å². The molecular formula is C24H32ClN5O7. The molecule has 0 spiro atoms. The van der Waals surface area contributed by atoms with E-state index >= 15 is 0 Å². The van der Waals surface area contributed by atoms with Crippen molar-refractivity contribution in [2.45, 2.75) is 65.5 Å². The highest BCUT2D eigenvalue weighted by Crippen LogP contribution is 2.44. The molecule has 0 radical (unpaired) electrons. The van der Waals surface area contributed by atoms with E-state index in [2.05, 4.69) is 10.1 Å². The lowest BCUT2D eigenvalue weighted by atomic mass is 9.91. The van der Waals surface area contributed by atoms with E-state index in [0.717, 1.165) is 6.33 Å². The second kappa shape index (κ2) is 11.7. The Balaban J connectivity index is 0.00000507. The number of hydrogen-bond donors (Lipinski definition) is 1. The highest BCUT2D eigenvalue weighted by Gasteiger charge is 2.63. The van der Waals surface area contributed by atoms with E-state index in [4.69, 9.17) is 26.1 Å². The fourth-order valence-electron chi connectivity index (χ4n) is 3.58. The van der Waals surface area contributed by atoms with Gasteiger partial charge in [0.15, 0.2) is 18.0 Å². The number of aromatic nitrogens is 3. The van der Waals surface area contributed by atoms with Gasteiger partial charge in [-0.05, 0) is 12.1 Å². The molecule has 2 aromatic heterocycles. The molecule has 37 heavy (non-hydrogen) atoms. The van der Waals surface area contributed by atoms with Crippen molar-refractivity contribution >= 4 is 41.6 Å². The number of nitrogens with two attached hydrogens (primary N) is 1. The molecular weight excluding hydrogens is 506 g/mol. The number of fused-ring (bicyclic) bond motifs is 1. The first-order valence-corrected chi connectivity index (χ1v) is 11.6. The quantitative estimate of drug-likeness (QED) is 0.386. The zero-order valence-corrected chi connectivity index (χ0v) is 22.3. The van der Waals surface area contributed by atoms with E-state index in [-0.39, 0.29) is 42.1 Å². The van der Waals surface area contributed by atoms with Gasteiger partial charge in [-0.3, -0.25) is 14.4 Å². The Morgan fingerprint density at radius 3 is 2.32 bits per heavy atom. The molecule has 13 heteroatoms. The molecule has 3 heterocycles. The molecule has 0 bridgehead atoms. The number of carbonyl (C=O) groups excluding carboxylic acids is 3. The summed E-state index contributed by atoms with van der Waals surface area (Å²) in [6.07, 6.45) is -2.87. The van der Waals surface area contributed by atoms with Crippen molar-refractivity contribution < 1.29 is 34.7 Å². The van der Waals surface area contributed by atoms with Gasteiger partial charge in [0.1, 0.15) is 30.6 Å². The van der Waals surface area contributed by atoms with Crippen LogP contribution < -0.4 is 5.73 Å². The van der Waals surface area contributed by atoms with Gasteiger partial charge in [0, 0.05) is 0 Å². The average molecular weight is 539 g/mol. The summed E-state index contributed by atoms with van der Waals surface area (Å²) in [5.74, 6) is -3.47. The molecule has 1 saturated heterocycles. The lowest BCUT2D eigenvalue weighted by Gasteiger charge is -2.29. The maximum absolute atomic E-state index is 12.8. The van der Waals surface area contributed by atoms with E-state index in [0.29, 0.717) is 0 Å². The van der Waals surface area contributed by atoms with Crippen molar-refractivity contribution in [1.82, 2.24) is 14.6 Å². The molecule has 1 aliphatic rings. The molecule has 0 saturated carbocycles. The smallest absolute Gasteiger partial charge is 0.308 e. The minimum atomic E-state index is -2.11. The SMILES string of the molecule is Cl.[2H]c1cc([C@]2(C#N)O[C@H](COC(=O)C(C)C)[C@@H](OC(=O)C(C)C)[C@H]2OC(=O)C(C)C)n2ncnc(N)c12. The van der Waals surface area contributed by atoms with Crippen LogP contribution in [-0.2, 0) is 38.9 Å². The summed E-state index contributed by atoms with van der Waals surface area (Å²) in [7, 11) is 0. The molecule has 2 N–H and O–H groups in total. The van der Waals surface area contributed by atoms with Crippen LogP contribution in [0, 0.1) is 29.1 Å². The van der Waals surface area contributed by atoms with Crippen molar-refractivity contribution in [1.29, 1.82) is 5.26 Å². The topological polar surface area (TPSA) is 168 Å². The molecule has 12 nitrogen and oxygen atoms in total. The molecule has 0 unspecified atom stereocenters. The number of ether oxygens (including phenoxy) is 4. The Labute approximate surface area is 222 Å². The van der Waals surface area contributed by atoms with Crippen molar-refractivity contribution in [2.75, 3.05) is 12.3 Å². The Bertz CT molecular complexity index is 1240. The van der Waals surface area contributed by atoms with Crippen LogP contribution >= 0.6 is 12.4 Å². The largest absolute Gasteiger partial charge is 0.463 e. The first-order valence-electron chi connectivity index (χ1n) is 12.1. The van der Waals surface area contributed by atoms with E-state index in [9.17, 15) is 19.6 Å². The summed E-state index contributed by atoms with van der Waals surface area (Å²) in [6.45, 7) is 9.34. The van der Waals surface area contributed by atoms with Gasteiger partial charge in [0.05, 0.1) is 24.8 Å². The maximum Gasteiger partial charge on any atom is 0.308 e. The minimum absolute atomic E-state index is 0. The van der Waals surface area contributed by atoms with Gasteiger partial charge in [-0.1, -0.05) is 41.5 Å². The Hall–Kier alpha value is -3.43. The van der Waals surface area contributed by atoms with Crippen LogP contribution in [0.4, 0.5) is 5.82 Å². The normalized spacial score (nSPS) is 23.5. The number of carbonyl (C=O) groups is 3. The van der Waals surface area contributed by atoms with Crippen LogP contribution in [-0.4, -0.2) is 57.4 Å². The second-order valence-electron chi connectivity index (χ2n) is 9.44. The molecule has 1 aliphatic heterocycles. The zero-order valence-electron chi connectivity index (χ0n) is 22.5. The second-order valence-corrected chi connectivity index (χ2v) is 9.44. The maximum atomic E-state index is 12.8. The van der Waals surface area contributed by atoms with Gasteiger partial charge >= 0.3 is 17.9 Å². The van der Waals surface area contributed by atoms with E-state index in [1.807, 2.05) is 6.07 Å². The molecule has 0 aliphatic carbocycles. The van der Waals surface area contributed by atoms with Gasteiger partial charge in [0.2, 0.25) is 5.60 Å². The van der Waals surface area contributed by atoms with E-state index < -0.39 is 59.6 Å². The average Bonchev–Trinajstić information content (AvgIpc) is 3.33. The monoisotopic (exact) mass is 538 g/mol. The van der Waals surface area contributed by atoms with Gasteiger partial charge in [-0.25, -0.2) is 9.50 Å². The molecule has 4 atom stereocenters. The van der Waals surface area contributed by atoms with Crippen molar-refractivity contribution in [3.63, 3.8) is 0 Å². The number of nitrogen functional groups attached to an aromatic ring is 1. The fraction of sp³-hybridized carbons (Fsp3) is 0.583. The summed E-state index contributed by atoms with van der Waals surface area (Å²) in [5.41, 5.74) is 3.95. The summed E-state index contributed by atoms with van der Waals surface area (Å²) in [4.78, 5) is 41.6. The van der Waals surface area contributed by atoms with E-state index in [1.54, 1.807) is 41.5 Å². The first-order chi connectivity index (χ1) is 17.3. The first kappa shape index (κ1) is 28.1. The van der Waals surface area contributed by atoms with Crippen molar-refractivity contribution in [3.05, 3.63) is 24.1 Å². The third kappa shape index (κ3) is 5.78. The number of hydrogen-bond acceptors (Lipinski definition) is 11. The molecule has 2 aromatic rings. The third-order valence-electron chi connectivity index (χ3n) is 5.64. The lowest BCUT2D eigenvalue weighted by Crippen LogP contribution is -2.47. The van der Waals surface area contributed by atoms with E-state index in [1.165, 1.54) is 10.6 Å². The van der Waals surface area contributed by atoms with Crippen LogP contribution in [0.2, 0.25) is 0 Å². The van der Waals surface area contributed by atoms with Gasteiger partial charge in [-0.2, -0.15) is 10.4 Å². The number of nitrogens with zero attached hydrogens (tertiary/aromatic N) is 4. The van der Waals surface area contributed by atoms with Gasteiger partial charge in [0.25, 0.3) is 0 Å². The number of anilines is 1. The molecule has 0 amide bonds. The number of nitriles is 1. The number of esters is 3. The van der Waals surface area contributed by atoms with Gasteiger partial charge < -0.3 is 24.7 Å². The minimum Gasteiger partial charge on any atom is -0.463 e. The third-order valence-corrected chi connectivity index (χ3v) is 5.64. The summed E-state index contributed by atoms with van der Waals surface area (Å²) >= 11 is 0. The lowest BCUT2D eigenvalue weighted by molar-refractivity contribution is -0.174. The highest BCUT2D eigenvalue weighted by atomic mass is 35.5. The Morgan fingerprint density at radius 2 is 1.76 bits per heavy atom. The van der Waals surface area contributed by atoms with Crippen LogP contribution in [0.15, 0.2) is 18.4 Å². The standard InChI is InChI=1S/C24H31N5O7.ClH/c1-12(2)21(30)33-9-16-18(34-22(31)13(3)4)19(35-23(32)14(5)6)24(10-25,36-16)17-8-7-15-20(26)27-11-28-29(15)17;/h7-8,11-14,16,18-19H,9H2,1-6H3,(H2,26,27,28);1H/t16-,18-,19-,24+;/m1./s1/i7D;. The molecule has 3 rings (SSSR count). The van der Waals surface area contributed by atoms with Crippen LogP contribution in [0.1, 0.15) is 48.6 Å². The van der Waals surface area contributed by atoms with Crippen LogP contribution in [0.5, 0.6) is 0 Å². The summed E-state index contributed by atoms with van der Waals surface area (Å²) < 4.78 is 32.5. The van der Waals surface area contributed by atoms with Crippen molar-refractivity contribution in [2.24, 2.45) is 17.8 Å². The predicted octanol–water partition coefficient (Wildman–Crippen LogP) is 2.19. The van der Waals surface area contributed by atoms with Crippen LogP contribution in [0.25, 0.3) is 5.52 Å². The molecule has 0 aromatic carbocycles. The summed E-state index contributed by atoms with van der Waals surface area (Å²) in [5, 5.41) is 14.6. The highest BCUT2D eigenvalue weighted by molar-refractivity contribution is 5.85. The predicted molar refractivity (Wildman–Crippen MR) is 132 cm³/mol. The molecule has 1 fully saturated rings. The number of rotatable bonds is 8. The zero-order chi connectivity index (χ0) is 27.7. The Kier molecular flexibility index (Phi) is 8.94. The summed E-state index contributed by atoms with van der Waals surface area (Å²) in [6, 6.07) is 3.24. The van der Waals surface area contributed by atoms with Gasteiger partial charge in [-0.15, -0.1) is 12.4 Å². The van der Waals surface area contributed by atoms with Crippen LogP contribution in [0.3, 0.4) is 0 Å². The Morgan fingerprint density at radius 1 is 1.16 bits per heavy atom. The fourth-order valence-corrected chi connectivity index (χ4v) is 3.58. The number of halogens is 1.